The lowest BCUT2D eigenvalue weighted by molar-refractivity contribution is -0.127. The van der Waals surface area contributed by atoms with Crippen LogP contribution in [0.5, 0.6) is 0 Å². The number of hydrogen-bond acceptors (Lipinski definition) is 4. The van der Waals surface area contributed by atoms with Crippen LogP contribution in [0.15, 0.2) is 0 Å². The van der Waals surface area contributed by atoms with Crippen LogP contribution in [0.3, 0.4) is 0 Å². The summed E-state index contributed by atoms with van der Waals surface area (Å²) < 4.78 is 7.29. The zero-order chi connectivity index (χ0) is 15.0. The highest BCUT2D eigenvalue weighted by molar-refractivity contribution is 6.00. The van der Waals surface area contributed by atoms with Gasteiger partial charge >= 0.3 is 0 Å². The Morgan fingerprint density at radius 1 is 1.57 bits per heavy atom. The van der Waals surface area contributed by atoms with Gasteiger partial charge in [0.2, 0.25) is 5.91 Å². The van der Waals surface area contributed by atoms with E-state index in [1.807, 2.05) is 20.9 Å². The topological polar surface area (TPSA) is 84.8 Å². The maximum Gasteiger partial charge on any atom is 0.231 e. The third kappa shape index (κ3) is 2.42. The normalized spacial score (nSPS) is 22.6. The zero-order valence-corrected chi connectivity index (χ0v) is 12.6. The first-order valence-corrected chi connectivity index (χ1v) is 7.44. The lowest BCUT2D eigenvalue weighted by Gasteiger charge is -2.27. The largest absolute Gasteiger partial charge is 0.378 e. The van der Waals surface area contributed by atoms with Gasteiger partial charge in [0, 0.05) is 13.7 Å². The standard InChI is InChI=1S/C14H21N5O2/c1-4-10-11-12(16-17-13(11)19(3)18-10)15-14(20)9-6-5-7-21-8(9)2/h8-9H,4-7H2,1-3H3,(H2,15,16,17,20)/t8-,9-/m1/s1. The molecule has 1 aliphatic heterocycles. The van der Waals surface area contributed by atoms with Crippen LogP contribution < -0.4 is 5.32 Å². The van der Waals surface area contributed by atoms with Gasteiger partial charge in [-0.05, 0) is 26.2 Å². The van der Waals surface area contributed by atoms with Gasteiger partial charge in [0.15, 0.2) is 5.65 Å². The first kappa shape index (κ1) is 14.1. The predicted octanol–water partition coefficient (Wildman–Crippen LogP) is 1.61. The van der Waals surface area contributed by atoms with E-state index in [0.29, 0.717) is 5.82 Å². The third-order valence-electron chi connectivity index (χ3n) is 4.14. The molecular formula is C14H21N5O2. The van der Waals surface area contributed by atoms with Gasteiger partial charge in [0.1, 0.15) is 5.82 Å². The van der Waals surface area contributed by atoms with Crippen molar-refractivity contribution in [3.63, 3.8) is 0 Å². The van der Waals surface area contributed by atoms with E-state index in [4.69, 9.17) is 4.74 Å². The molecular weight excluding hydrogens is 270 g/mol. The van der Waals surface area contributed by atoms with Crippen LogP contribution in [0.1, 0.15) is 32.4 Å². The van der Waals surface area contributed by atoms with E-state index in [-0.39, 0.29) is 17.9 Å². The van der Waals surface area contributed by atoms with Crippen molar-refractivity contribution in [1.82, 2.24) is 20.0 Å². The highest BCUT2D eigenvalue weighted by Crippen LogP contribution is 2.27. The Bertz CT molecular complexity index is 660. The third-order valence-corrected chi connectivity index (χ3v) is 4.14. The lowest BCUT2D eigenvalue weighted by atomic mass is 9.94. The first-order valence-electron chi connectivity index (χ1n) is 7.44. The van der Waals surface area contributed by atoms with Crippen molar-refractivity contribution < 1.29 is 9.53 Å². The summed E-state index contributed by atoms with van der Waals surface area (Å²) in [6.07, 6.45) is 2.53. The summed E-state index contributed by atoms with van der Waals surface area (Å²) in [6.45, 7) is 4.73. The first-order chi connectivity index (χ1) is 10.1. The Labute approximate surface area is 123 Å². The summed E-state index contributed by atoms with van der Waals surface area (Å²) in [4.78, 5) is 12.5. The maximum atomic E-state index is 12.5. The van der Waals surface area contributed by atoms with Crippen molar-refractivity contribution in [3.05, 3.63) is 5.69 Å². The molecule has 3 rings (SSSR count). The number of carbonyl (C=O) groups is 1. The van der Waals surface area contributed by atoms with Crippen molar-refractivity contribution in [1.29, 1.82) is 0 Å². The second kappa shape index (κ2) is 5.48. The van der Waals surface area contributed by atoms with E-state index in [1.165, 1.54) is 0 Å². The molecule has 0 bridgehead atoms. The molecule has 0 saturated carbocycles. The van der Waals surface area contributed by atoms with Gasteiger partial charge in [-0.2, -0.15) is 10.2 Å². The molecule has 1 fully saturated rings. The van der Waals surface area contributed by atoms with Crippen molar-refractivity contribution >= 4 is 22.8 Å². The molecule has 2 aromatic heterocycles. The predicted molar refractivity (Wildman–Crippen MR) is 79.0 cm³/mol. The minimum atomic E-state index is -0.112. The molecule has 2 aromatic rings. The number of aryl methyl sites for hydroxylation is 2. The average molecular weight is 291 g/mol. The molecule has 3 heterocycles. The number of ether oxygens (including phenoxy) is 1. The van der Waals surface area contributed by atoms with E-state index in [2.05, 4.69) is 20.6 Å². The number of fused-ring (bicyclic) bond motifs is 1. The minimum absolute atomic E-state index is 0.0151. The molecule has 7 heteroatoms. The number of carbonyl (C=O) groups excluding carboxylic acids is 1. The zero-order valence-electron chi connectivity index (χ0n) is 12.6. The quantitative estimate of drug-likeness (QED) is 0.899. The molecule has 0 spiro atoms. The van der Waals surface area contributed by atoms with Crippen LogP contribution in [0.2, 0.25) is 0 Å². The Balaban J connectivity index is 1.86. The maximum absolute atomic E-state index is 12.5. The fourth-order valence-electron chi connectivity index (χ4n) is 2.94. The van der Waals surface area contributed by atoms with Crippen LogP contribution in [0, 0.1) is 5.92 Å². The molecule has 21 heavy (non-hydrogen) atoms. The molecule has 0 unspecified atom stereocenters. The van der Waals surface area contributed by atoms with Crippen molar-refractivity contribution in [3.8, 4) is 0 Å². The van der Waals surface area contributed by atoms with Gasteiger partial charge in [-0.25, -0.2) is 4.68 Å². The molecule has 2 N–H and O–H groups in total. The number of hydrogen-bond donors (Lipinski definition) is 2. The molecule has 7 nitrogen and oxygen atoms in total. The van der Waals surface area contributed by atoms with E-state index < -0.39 is 0 Å². The number of nitrogens with zero attached hydrogens (tertiary/aromatic N) is 3. The number of rotatable bonds is 3. The van der Waals surface area contributed by atoms with Crippen LogP contribution in [-0.4, -0.2) is 38.6 Å². The Morgan fingerprint density at radius 3 is 3.10 bits per heavy atom. The molecule has 0 aliphatic carbocycles. The SMILES string of the molecule is CCc1nn(C)c2n[nH]c(NC(=O)[C@@H]3CCCO[C@@H]3C)c12. The Morgan fingerprint density at radius 2 is 2.38 bits per heavy atom. The van der Waals surface area contributed by atoms with E-state index >= 15 is 0 Å². The monoisotopic (exact) mass is 291 g/mol. The van der Waals surface area contributed by atoms with Gasteiger partial charge in [0.05, 0.1) is 23.1 Å². The number of aromatic nitrogens is 4. The van der Waals surface area contributed by atoms with Crippen LogP contribution in [0.25, 0.3) is 11.0 Å². The van der Waals surface area contributed by atoms with Gasteiger partial charge in [-0.3, -0.25) is 9.89 Å². The highest BCUT2D eigenvalue weighted by Gasteiger charge is 2.29. The fraction of sp³-hybridized carbons (Fsp3) is 0.643. The summed E-state index contributed by atoms with van der Waals surface area (Å²) >= 11 is 0. The van der Waals surface area contributed by atoms with Crippen molar-refractivity contribution in [2.45, 2.75) is 39.2 Å². The van der Waals surface area contributed by atoms with E-state index in [9.17, 15) is 4.79 Å². The number of nitrogens with one attached hydrogen (secondary N) is 2. The van der Waals surface area contributed by atoms with Gasteiger partial charge in [-0.1, -0.05) is 6.92 Å². The fourth-order valence-corrected chi connectivity index (χ4v) is 2.94. The van der Waals surface area contributed by atoms with E-state index in [1.54, 1.807) is 4.68 Å². The minimum Gasteiger partial charge on any atom is -0.378 e. The number of H-pyrrole nitrogens is 1. The molecule has 2 atom stereocenters. The van der Waals surface area contributed by atoms with Gasteiger partial charge in [-0.15, -0.1) is 0 Å². The molecule has 0 aromatic carbocycles. The molecule has 1 saturated heterocycles. The molecule has 0 radical (unpaired) electrons. The smallest absolute Gasteiger partial charge is 0.231 e. The average Bonchev–Trinajstić information content (AvgIpc) is 3.01. The van der Waals surface area contributed by atoms with Crippen LogP contribution >= 0.6 is 0 Å². The number of anilines is 1. The lowest BCUT2D eigenvalue weighted by Crippen LogP contribution is -2.36. The van der Waals surface area contributed by atoms with Crippen molar-refractivity contribution in [2.75, 3.05) is 11.9 Å². The Hall–Kier alpha value is -1.89. The summed E-state index contributed by atoms with van der Waals surface area (Å²) in [7, 11) is 1.85. The summed E-state index contributed by atoms with van der Waals surface area (Å²) in [5.41, 5.74) is 1.69. The van der Waals surface area contributed by atoms with Crippen LogP contribution in [-0.2, 0) is 23.0 Å². The summed E-state index contributed by atoms with van der Waals surface area (Å²) in [5, 5.41) is 15.4. The molecule has 114 valence electrons. The second-order valence-electron chi connectivity index (χ2n) is 5.53. The van der Waals surface area contributed by atoms with Gasteiger partial charge < -0.3 is 10.1 Å². The van der Waals surface area contributed by atoms with Crippen molar-refractivity contribution in [2.24, 2.45) is 13.0 Å². The summed E-state index contributed by atoms with van der Waals surface area (Å²) in [6, 6.07) is 0. The van der Waals surface area contributed by atoms with Crippen LogP contribution in [0.4, 0.5) is 5.82 Å². The molecule has 1 amide bonds. The second-order valence-corrected chi connectivity index (χ2v) is 5.53. The number of amides is 1. The molecule has 1 aliphatic rings. The highest BCUT2D eigenvalue weighted by atomic mass is 16.5. The Kier molecular flexibility index (Phi) is 3.67. The number of aromatic amines is 1. The van der Waals surface area contributed by atoms with E-state index in [0.717, 1.165) is 42.6 Å². The summed E-state index contributed by atoms with van der Waals surface area (Å²) in [5.74, 6) is 0.509. The van der Waals surface area contributed by atoms with Gasteiger partial charge in [0.25, 0.3) is 0 Å².